The molecule has 0 saturated carbocycles. The van der Waals surface area contributed by atoms with Crippen molar-refractivity contribution in [3.63, 3.8) is 0 Å². The third-order valence-electron chi connectivity index (χ3n) is 3.14. The van der Waals surface area contributed by atoms with Gasteiger partial charge in [0.2, 0.25) is 0 Å². The van der Waals surface area contributed by atoms with Crippen LogP contribution >= 0.6 is 0 Å². The summed E-state index contributed by atoms with van der Waals surface area (Å²) in [5, 5.41) is 18.3. The lowest BCUT2D eigenvalue weighted by molar-refractivity contribution is 0.0972. The minimum absolute atomic E-state index is 0.183. The predicted octanol–water partition coefficient (Wildman–Crippen LogP) is 0.128. The molecule has 2 N–H and O–H groups in total. The molecule has 6 heteroatoms. The summed E-state index contributed by atoms with van der Waals surface area (Å²) >= 11 is 0. The highest BCUT2D eigenvalue weighted by Gasteiger charge is 2.35. The molecule has 0 saturated heterocycles. The molecular weight excluding hydrogens is 236 g/mol. The Balaban J connectivity index is 1.68. The fourth-order valence-corrected chi connectivity index (χ4v) is 1.97. The van der Waals surface area contributed by atoms with Crippen LogP contribution in [0.4, 0.5) is 0 Å². The number of aliphatic imine (C=N–C) groups is 2. The van der Waals surface area contributed by atoms with Crippen molar-refractivity contribution in [2.45, 2.75) is 31.2 Å². The summed E-state index contributed by atoms with van der Waals surface area (Å²) in [6, 6.07) is 0. The third-order valence-corrected chi connectivity index (χ3v) is 3.14. The van der Waals surface area contributed by atoms with E-state index in [-0.39, 0.29) is 19.8 Å². The molecule has 6 nitrogen and oxygen atoms in total. The normalized spacial score (nSPS) is 21.2. The second-order valence-electron chi connectivity index (χ2n) is 4.67. The Labute approximate surface area is 106 Å². The highest BCUT2D eigenvalue weighted by molar-refractivity contribution is 5.79. The van der Waals surface area contributed by atoms with Gasteiger partial charge in [-0.05, 0) is 12.8 Å². The standard InChI is InChI=1S/C12H20N2O4/c15-7-12(8-16)9-18-11(14-12)4-2-1-3-10-13-5-6-17-10/h15-16H,1-9H2. The summed E-state index contributed by atoms with van der Waals surface area (Å²) in [4.78, 5) is 8.48. The smallest absolute Gasteiger partial charge is 0.184 e. The summed E-state index contributed by atoms with van der Waals surface area (Å²) in [6.45, 7) is 1.39. The number of hydrogen-bond acceptors (Lipinski definition) is 6. The number of unbranched alkanes of at least 4 members (excludes halogenated alkanes) is 1. The average molecular weight is 256 g/mol. The zero-order chi connectivity index (χ0) is 12.8. The summed E-state index contributed by atoms with van der Waals surface area (Å²) in [5.74, 6) is 1.48. The van der Waals surface area contributed by atoms with Crippen LogP contribution in [0.15, 0.2) is 9.98 Å². The summed E-state index contributed by atoms with van der Waals surface area (Å²) < 4.78 is 10.7. The first-order valence-electron chi connectivity index (χ1n) is 6.37. The van der Waals surface area contributed by atoms with Crippen molar-refractivity contribution in [2.75, 3.05) is 33.0 Å². The van der Waals surface area contributed by atoms with E-state index >= 15 is 0 Å². The van der Waals surface area contributed by atoms with Crippen LogP contribution in [0.1, 0.15) is 25.7 Å². The molecular formula is C12H20N2O4. The van der Waals surface area contributed by atoms with Gasteiger partial charge in [0.15, 0.2) is 11.8 Å². The SMILES string of the molecule is OCC1(CO)COC(CCCCC2=NCCO2)=N1. The minimum atomic E-state index is -0.825. The van der Waals surface area contributed by atoms with Crippen molar-refractivity contribution in [1.82, 2.24) is 0 Å². The molecule has 2 rings (SSSR count). The van der Waals surface area contributed by atoms with Gasteiger partial charge in [-0.15, -0.1) is 0 Å². The maximum Gasteiger partial charge on any atom is 0.184 e. The number of aliphatic hydroxyl groups excluding tert-OH is 2. The lowest BCUT2D eigenvalue weighted by Gasteiger charge is -2.16. The van der Waals surface area contributed by atoms with Crippen LogP contribution in [0.2, 0.25) is 0 Å². The van der Waals surface area contributed by atoms with Gasteiger partial charge in [-0.2, -0.15) is 0 Å². The molecule has 0 spiro atoms. The zero-order valence-electron chi connectivity index (χ0n) is 10.5. The fraction of sp³-hybridized carbons (Fsp3) is 0.833. The highest BCUT2D eigenvalue weighted by Crippen LogP contribution is 2.20. The largest absolute Gasteiger partial charge is 0.479 e. The molecule has 0 aromatic heterocycles. The first kappa shape index (κ1) is 13.3. The van der Waals surface area contributed by atoms with Gasteiger partial charge in [0.25, 0.3) is 0 Å². The Morgan fingerprint density at radius 1 is 1.06 bits per heavy atom. The number of nitrogens with zero attached hydrogens (tertiary/aromatic N) is 2. The predicted molar refractivity (Wildman–Crippen MR) is 67.0 cm³/mol. The van der Waals surface area contributed by atoms with Crippen molar-refractivity contribution >= 4 is 11.8 Å². The van der Waals surface area contributed by atoms with Crippen LogP contribution in [0.25, 0.3) is 0 Å². The van der Waals surface area contributed by atoms with E-state index in [2.05, 4.69) is 9.98 Å². The topological polar surface area (TPSA) is 83.6 Å². The van der Waals surface area contributed by atoms with Gasteiger partial charge in [0.05, 0.1) is 19.8 Å². The second kappa shape index (κ2) is 6.15. The Bertz CT molecular complexity index is 337. The monoisotopic (exact) mass is 256 g/mol. The number of hydrogen-bond donors (Lipinski definition) is 2. The molecule has 0 aromatic rings. The molecule has 0 amide bonds. The van der Waals surface area contributed by atoms with E-state index < -0.39 is 5.54 Å². The van der Waals surface area contributed by atoms with Crippen LogP contribution < -0.4 is 0 Å². The maximum atomic E-state index is 9.17. The quantitative estimate of drug-likeness (QED) is 0.634. The van der Waals surface area contributed by atoms with E-state index in [0.29, 0.717) is 12.5 Å². The maximum absolute atomic E-state index is 9.17. The highest BCUT2D eigenvalue weighted by atomic mass is 16.5. The van der Waals surface area contributed by atoms with Crippen molar-refractivity contribution in [3.8, 4) is 0 Å². The number of ether oxygens (including phenoxy) is 2. The van der Waals surface area contributed by atoms with Crippen LogP contribution in [0.5, 0.6) is 0 Å². The lowest BCUT2D eigenvalue weighted by Crippen LogP contribution is -2.37. The summed E-state index contributed by atoms with van der Waals surface area (Å²) in [7, 11) is 0. The van der Waals surface area contributed by atoms with Gasteiger partial charge in [-0.25, -0.2) is 4.99 Å². The Morgan fingerprint density at radius 3 is 2.33 bits per heavy atom. The molecule has 2 aliphatic heterocycles. The summed E-state index contributed by atoms with van der Waals surface area (Å²) in [6.07, 6.45) is 3.51. The van der Waals surface area contributed by atoms with E-state index in [0.717, 1.165) is 38.1 Å². The van der Waals surface area contributed by atoms with E-state index in [9.17, 15) is 10.2 Å². The lowest BCUT2D eigenvalue weighted by atomic mass is 10.1. The van der Waals surface area contributed by atoms with E-state index in [1.807, 2.05) is 0 Å². The van der Waals surface area contributed by atoms with Crippen LogP contribution in [0, 0.1) is 0 Å². The number of aliphatic hydroxyl groups is 2. The molecule has 0 aliphatic carbocycles. The van der Waals surface area contributed by atoms with Crippen molar-refractivity contribution in [3.05, 3.63) is 0 Å². The molecule has 0 atom stereocenters. The van der Waals surface area contributed by atoms with Crippen LogP contribution in [0.3, 0.4) is 0 Å². The zero-order valence-corrected chi connectivity index (χ0v) is 10.5. The summed E-state index contributed by atoms with van der Waals surface area (Å²) in [5.41, 5.74) is -0.825. The van der Waals surface area contributed by atoms with E-state index in [1.54, 1.807) is 0 Å². The second-order valence-corrected chi connectivity index (χ2v) is 4.67. The van der Waals surface area contributed by atoms with E-state index in [4.69, 9.17) is 9.47 Å². The van der Waals surface area contributed by atoms with Crippen molar-refractivity contribution in [2.24, 2.45) is 9.98 Å². The van der Waals surface area contributed by atoms with Gasteiger partial charge in [0, 0.05) is 12.8 Å². The average Bonchev–Trinajstić information content (AvgIpc) is 3.05. The molecule has 2 aliphatic rings. The Hall–Kier alpha value is -1.14. The molecule has 2 heterocycles. The molecule has 0 fully saturated rings. The van der Waals surface area contributed by atoms with Gasteiger partial charge < -0.3 is 19.7 Å². The fourth-order valence-electron chi connectivity index (χ4n) is 1.97. The van der Waals surface area contributed by atoms with Gasteiger partial charge in [-0.3, -0.25) is 4.99 Å². The molecule has 0 bridgehead atoms. The molecule has 0 radical (unpaired) electrons. The van der Waals surface area contributed by atoms with Gasteiger partial charge >= 0.3 is 0 Å². The first-order valence-corrected chi connectivity index (χ1v) is 6.37. The van der Waals surface area contributed by atoms with Crippen molar-refractivity contribution < 1.29 is 19.7 Å². The third kappa shape index (κ3) is 3.20. The molecule has 0 unspecified atom stereocenters. The molecule has 0 aromatic carbocycles. The molecule has 18 heavy (non-hydrogen) atoms. The number of rotatable bonds is 7. The first-order chi connectivity index (χ1) is 8.78. The minimum Gasteiger partial charge on any atom is -0.479 e. The Kier molecular flexibility index (Phi) is 4.54. The van der Waals surface area contributed by atoms with Crippen LogP contribution in [-0.4, -0.2) is 60.5 Å². The Morgan fingerprint density at radius 2 is 1.78 bits per heavy atom. The molecule has 102 valence electrons. The van der Waals surface area contributed by atoms with Gasteiger partial charge in [0.1, 0.15) is 18.8 Å². The van der Waals surface area contributed by atoms with E-state index in [1.165, 1.54) is 0 Å². The van der Waals surface area contributed by atoms with Gasteiger partial charge in [-0.1, -0.05) is 0 Å². The van der Waals surface area contributed by atoms with Crippen molar-refractivity contribution in [1.29, 1.82) is 0 Å². The van der Waals surface area contributed by atoms with Crippen LogP contribution in [-0.2, 0) is 9.47 Å².